The lowest BCUT2D eigenvalue weighted by Gasteiger charge is -2.09. The first-order valence-corrected chi connectivity index (χ1v) is 7.72. The van der Waals surface area contributed by atoms with Crippen molar-refractivity contribution in [3.05, 3.63) is 76.8 Å². The topological polar surface area (TPSA) is 37.5 Å². The van der Waals surface area contributed by atoms with Crippen LogP contribution in [0.15, 0.2) is 64.1 Å². The molecule has 0 atom stereocenters. The van der Waals surface area contributed by atoms with E-state index in [1.807, 2.05) is 0 Å². The van der Waals surface area contributed by atoms with E-state index in [4.69, 9.17) is 16.0 Å². The van der Waals surface area contributed by atoms with Gasteiger partial charge in [-0.05, 0) is 54.6 Å². The van der Waals surface area contributed by atoms with E-state index in [0.29, 0.717) is 11.4 Å². The van der Waals surface area contributed by atoms with Gasteiger partial charge in [-0.25, -0.2) is 4.39 Å². The maximum absolute atomic E-state index is 12.8. The monoisotopic (exact) mass is 382 g/mol. The molecule has 0 aliphatic heterocycles. The van der Waals surface area contributed by atoms with Crippen molar-refractivity contribution in [3.8, 4) is 11.3 Å². The van der Waals surface area contributed by atoms with Gasteiger partial charge in [0.1, 0.15) is 17.3 Å². The number of anilines is 1. The smallest absolute Gasteiger partial charge is 0.416 e. The van der Waals surface area contributed by atoms with Crippen LogP contribution in [0.1, 0.15) is 11.3 Å². The van der Waals surface area contributed by atoms with Gasteiger partial charge < -0.3 is 4.42 Å². The summed E-state index contributed by atoms with van der Waals surface area (Å²) in [6.07, 6.45) is -3.14. The molecule has 1 heterocycles. The second kappa shape index (κ2) is 7.21. The fourth-order valence-corrected chi connectivity index (χ4v) is 2.36. The predicted octanol–water partition coefficient (Wildman–Crippen LogP) is 6.20. The maximum atomic E-state index is 12.8. The Balaban J connectivity index is 1.77. The van der Waals surface area contributed by atoms with E-state index in [1.165, 1.54) is 42.6 Å². The quantitative estimate of drug-likeness (QED) is 0.331. The summed E-state index contributed by atoms with van der Waals surface area (Å²) < 4.78 is 56.8. The van der Waals surface area contributed by atoms with Gasteiger partial charge in [-0.3, -0.25) is 5.43 Å². The van der Waals surface area contributed by atoms with E-state index in [2.05, 4.69) is 10.5 Å². The van der Waals surface area contributed by atoms with Crippen LogP contribution in [0.5, 0.6) is 0 Å². The van der Waals surface area contributed by atoms with Gasteiger partial charge in [0.05, 0.1) is 22.5 Å². The number of furan rings is 1. The number of halogens is 5. The minimum Gasteiger partial charge on any atom is -0.455 e. The molecule has 2 aromatic carbocycles. The second-order valence-electron chi connectivity index (χ2n) is 5.27. The fourth-order valence-electron chi connectivity index (χ4n) is 2.15. The standard InChI is InChI=1S/C18H11ClF4N2O/c19-16-7-1-11(18(21,22)23)9-15(16)17-8-6-14(26-17)10-24-25-13-4-2-12(20)3-5-13/h1-10,25H/b24-10+. The van der Waals surface area contributed by atoms with Crippen molar-refractivity contribution < 1.29 is 22.0 Å². The number of nitrogens with one attached hydrogen (secondary N) is 1. The van der Waals surface area contributed by atoms with E-state index >= 15 is 0 Å². The zero-order valence-corrected chi connectivity index (χ0v) is 13.8. The average molecular weight is 383 g/mol. The van der Waals surface area contributed by atoms with Crippen LogP contribution in [-0.4, -0.2) is 6.21 Å². The van der Waals surface area contributed by atoms with Crippen molar-refractivity contribution in [1.82, 2.24) is 0 Å². The van der Waals surface area contributed by atoms with Gasteiger partial charge in [-0.15, -0.1) is 0 Å². The molecule has 0 radical (unpaired) electrons. The molecule has 8 heteroatoms. The lowest BCUT2D eigenvalue weighted by Crippen LogP contribution is -2.04. The highest BCUT2D eigenvalue weighted by Crippen LogP contribution is 2.36. The number of hydrogen-bond acceptors (Lipinski definition) is 3. The minimum atomic E-state index is -4.48. The summed E-state index contributed by atoms with van der Waals surface area (Å²) in [5.41, 5.74) is 2.56. The molecule has 0 fully saturated rings. The number of nitrogens with zero attached hydrogens (tertiary/aromatic N) is 1. The molecule has 1 aromatic heterocycles. The van der Waals surface area contributed by atoms with Gasteiger partial charge in [0.2, 0.25) is 0 Å². The van der Waals surface area contributed by atoms with Crippen molar-refractivity contribution >= 4 is 23.5 Å². The predicted molar refractivity (Wildman–Crippen MR) is 91.8 cm³/mol. The highest BCUT2D eigenvalue weighted by atomic mass is 35.5. The van der Waals surface area contributed by atoms with Crippen molar-refractivity contribution in [1.29, 1.82) is 0 Å². The summed E-state index contributed by atoms with van der Waals surface area (Å²) in [4.78, 5) is 0. The molecule has 134 valence electrons. The Kier molecular flexibility index (Phi) is 4.99. The van der Waals surface area contributed by atoms with Gasteiger partial charge in [-0.2, -0.15) is 18.3 Å². The molecule has 0 unspecified atom stereocenters. The highest BCUT2D eigenvalue weighted by molar-refractivity contribution is 6.33. The van der Waals surface area contributed by atoms with Gasteiger partial charge in [0.15, 0.2) is 0 Å². The summed E-state index contributed by atoms with van der Waals surface area (Å²) >= 11 is 5.98. The maximum Gasteiger partial charge on any atom is 0.416 e. The van der Waals surface area contributed by atoms with Crippen molar-refractivity contribution in [2.75, 3.05) is 5.43 Å². The first kappa shape index (κ1) is 18.0. The van der Waals surface area contributed by atoms with E-state index in [-0.39, 0.29) is 22.2 Å². The van der Waals surface area contributed by atoms with Crippen LogP contribution in [0.2, 0.25) is 5.02 Å². The molecule has 0 amide bonds. The molecule has 1 N–H and O–H groups in total. The summed E-state index contributed by atoms with van der Waals surface area (Å²) in [6, 6.07) is 11.6. The van der Waals surface area contributed by atoms with Gasteiger partial charge >= 0.3 is 6.18 Å². The largest absolute Gasteiger partial charge is 0.455 e. The number of rotatable bonds is 4. The summed E-state index contributed by atoms with van der Waals surface area (Å²) in [5, 5.41) is 4.06. The number of benzene rings is 2. The summed E-state index contributed by atoms with van der Waals surface area (Å²) in [5.74, 6) is 0.126. The number of hydrazone groups is 1. The van der Waals surface area contributed by atoms with E-state index < -0.39 is 11.7 Å². The van der Waals surface area contributed by atoms with Crippen molar-refractivity contribution in [2.45, 2.75) is 6.18 Å². The average Bonchev–Trinajstić information content (AvgIpc) is 3.05. The van der Waals surface area contributed by atoms with E-state index in [9.17, 15) is 17.6 Å². The molecule has 0 spiro atoms. The lowest BCUT2D eigenvalue weighted by molar-refractivity contribution is -0.137. The van der Waals surface area contributed by atoms with Crippen LogP contribution >= 0.6 is 11.6 Å². The first-order valence-electron chi connectivity index (χ1n) is 7.34. The second-order valence-corrected chi connectivity index (χ2v) is 5.68. The molecule has 0 bridgehead atoms. The molecule has 3 aromatic rings. The van der Waals surface area contributed by atoms with Crippen molar-refractivity contribution in [2.24, 2.45) is 5.10 Å². The lowest BCUT2D eigenvalue weighted by atomic mass is 10.1. The minimum absolute atomic E-state index is 0.132. The fraction of sp³-hybridized carbons (Fsp3) is 0.0556. The SMILES string of the molecule is Fc1ccc(N/N=C/c2ccc(-c3cc(C(F)(F)F)ccc3Cl)o2)cc1. The van der Waals surface area contributed by atoms with Gasteiger partial charge in [0, 0.05) is 5.56 Å². The molecular weight excluding hydrogens is 372 g/mol. The molecule has 0 aliphatic rings. The highest BCUT2D eigenvalue weighted by Gasteiger charge is 2.31. The normalized spacial score (nSPS) is 11.9. The third-order valence-electron chi connectivity index (χ3n) is 3.42. The van der Waals surface area contributed by atoms with Gasteiger partial charge in [0.25, 0.3) is 0 Å². The molecule has 3 rings (SSSR count). The third-order valence-corrected chi connectivity index (χ3v) is 3.75. The molecule has 26 heavy (non-hydrogen) atoms. The Morgan fingerprint density at radius 3 is 2.42 bits per heavy atom. The molecule has 0 aliphatic carbocycles. The molecule has 0 saturated carbocycles. The Morgan fingerprint density at radius 1 is 1.00 bits per heavy atom. The van der Waals surface area contributed by atoms with Crippen LogP contribution in [0.25, 0.3) is 11.3 Å². The zero-order chi connectivity index (χ0) is 18.7. The summed E-state index contributed by atoms with van der Waals surface area (Å²) in [6.45, 7) is 0. The summed E-state index contributed by atoms with van der Waals surface area (Å²) in [7, 11) is 0. The van der Waals surface area contributed by atoms with Gasteiger partial charge in [-0.1, -0.05) is 11.6 Å². The Labute approximate surface area is 150 Å². The van der Waals surface area contributed by atoms with Crippen LogP contribution < -0.4 is 5.43 Å². The van der Waals surface area contributed by atoms with Crippen LogP contribution in [0.3, 0.4) is 0 Å². The third kappa shape index (κ3) is 4.23. The van der Waals surface area contributed by atoms with Crippen LogP contribution in [0.4, 0.5) is 23.2 Å². The molecular formula is C18H11ClF4N2O. The van der Waals surface area contributed by atoms with E-state index in [0.717, 1.165) is 12.1 Å². The number of hydrogen-bond donors (Lipinski definition) is 1. The molecule has 3 nitrogen and oxygen atoms in total. The number of alkyl halides is 3. The Hall–Kier alpha value is -2.80. The van der Waals surface area contributed by atoms with Crippen LogP contribution in [0, 0.1) is 5.82 Å². The zero-order valence-electron chi connectivity index (χ0n) is 13.0. The Bertz CT molecular complexity index is 933. The van der Waals surface area contributed by atoms with E-state index in [1.54, 1.807) is 6.07 Å². The molecule has 0 saturated heterocycles. The van der Waals surface area contributed by atoms with Crippen molar-refractivity contribution in [3.63, 3.8) is 0 Å². The first-order chi connectivity index (χ1) is 12.3. The van der Waals surface area contributed by atoms with Crippen LogP contribution in [-0.2, 0) is 6.18 Å². The Morgan fingerprint density at radius 2 is 1.73 bits per heavy atom.